The second-order valence-corrected chi connectivity index (χ2v) is 9.90. The molecule has 0 aromatic rings. The van der Waals surface area contributed by atoms with Crippen LogP contribution in [0.3, 0.4) is 0 Å². The van der Waals surface area contributed by atoms with E-state index in [-0.39, 0.29) is 18.6 Å². The number of carbonyl (C=O) groups excluding carboxylic acids is 1. The Labute approximate surface area is 144 Å². The van der Waals surface area contributed by atoms with Gasteiger partial charge >= 0.3 is 0 Å². The van der Waals surface area contributed by atoms with E-state index in [1.165, 1.54) is 4.31 Å². The van der Waals surface area contributed by atoms with Gasteiger partial charge < -0.3 is 14.4 Å². The van der Waals surface area contributed by atoms with Crippen molar-refractivity contribution in [2.75, 3.05) is 39.4 Å². The van der Waals surface area contributed by atoms with Gasteiger partial charge in [0.2, 0.25) is 15.9 Å². The highest BCUT2D eigenvalue weighted by Crippen LogP contribution is 2.37. The van der Waals surface area contributed by atoms with Crippen LogP contribution in [0.4, 0.5) is 0 Å². The third kappa shape index (κ3) is 3.61. The van der Waals surface area contributed by atoms with Crippen LogP contribution in [0.25, 0.3) is 0 Å². The molecular weight excluding hydrogens is 332 g/mol. The van der Waals surface area contributed by atoms with Crippen LogP contribution >= 0.6 is 0 Å². The Balaban J connectivity index is 1.48. The number of ether oxygens (including phenoxy) is 2. The van der Waals surface area contributed by atoms with Crippen LogP contribution in [0.15, 0.2) is 0 Å². The number of sulfonamides is 1. The van der Waals surface area contributed by atoms with E-state index in [1.54, 1.807) is 13.8 Å². The number of likely N-dealkylation sites (tertiary alicyclic amines) is 1. The van der Waals surface area contributed by atoms with Crippen LogP contribution < -0.4 is 0 Å². The molecule has 0 aromatic carbocycles. The topological polar surface area (TPSA) is 76.2 Å². The third-order valence-electron chi connectivity index (χ3n) is 5.23. The van der Waals surface area contributed by atoms with Gasteiger partial charge in [-0.15, -0.1) is 0 Å². The highest BCUT2D eigenvalue weighted by atomic mass is 32.2. The molecule has 3 rings (SSSR count). The number of hydrogen-bond donors (Lipinski definition) is 0. The van der Waals surface area contributed by atoms with Crippen LogP contribution in [0, 0.1) is 0 Å². The lowest BCUT2D eigenvalue weighted by Crippen LogP contribution is -2.68. The van der Waals surface area contributed by atoms with Crippen molar-refractivity contribution in [2.45, 2.75) is 56.5 Å². The number of hydrogen-bond acceptors (Lipinski definition) is 5. The number of carbonyl (C=O) groups is 1. The van der Waals surface area contributed by atoms with Gasteiger partial charge in [0.15, 0.2) is 0 Å². The van der Waals surface area contributed by atoms with Gasteiger partial charge in [-0.05, 0) is 33.1 Å². The standard InChI is InChI=1S/C16H28N2O5S/c1-13(2)24(20,21)18-11-16(12-18)9-14(5-8-23-16)22-10-15(19)17-6-3-4-7-17/h13-14H,3-12H2,1-2H3/t14-/m0/s1. The molecule has 0 aromatic heterocycles. The summed E-state index contributed by atoms with van der Waals surface area (Å²) in [6, 6.07) is 0. The lowest BCUT2D eigenvalue weighted by Gasteiger charge is -2.52. The molecule has 1 spiro atoms. The van der Waals surface area contributed by atoms with Gasteiger partial charge in [0.1, 0.15) is 6.61 Å². The smallest absolute Gasteiger partial charge is 0.248 e. The minimum atomic E-state index is -3.22. The molecule has 3 saturated heterocycles. The highest BCUT2D eigenvalue weighted by Gasteiger charge is 2.52. The summed E-state index contributed by atoms with van der Waals surface area (Å²) < 4.78 is 37.5. The van der Waals surface area contributed by atoms with Crippen molar-refractivity contribution in [1.29, 1.82) is 0 Å². The molecule has 3 heterocycles. The summed E-state index contributed by atoms with van der Waals surface area (Å²) in [5.74, 6) is 0.0608. The van der Waals surface area contributed by atoms with Crippen molar-refractivity contribution in [3.63, 3.8) is 0 Å². The molecule has 0 radical (unpaired) electrons. The third-order valence-corrected chi connectivity index (χ3v) is 7.40. The maximum Gasteiger partial charge on any atom is 0.248 e. The summed E-state index contributed by atoms with van der Waals surface area (Å²) in [5, 5.41) is -0.413. The molecule has 24 heavy (non-hydrogen) atoms. The second-order valence-electron chi connectivity index (χ2n) is 7.41. The monoisotopic (exact) mass is 360 g/mol. The predicted molar refractivity (Wildman–Crippen MR) is 89.1 cm³/mol. The fraction of sp³-hybridized carbons (Fsp3) is 0.938. The molecule has 1 atom stereocenters. The van der Waals surface area contributed by atoms with Gasteiger partial charge in [-0.2, -0.15) is 4.31 Å². The minimum absolute atomic E-state index is 0.0331. The first-order chi connectivity index (χ1) is 11.3. The summed E-state index contributed by atoms with van der Waals surface area (Å²) in [4.78, 5) is 13.9. The van der Waals surface area contributed by atoms with Gasteiger partial charge in [-0.1, -0.05) is 0 Å². The minimum Gasteiger partial charge on any atom is -0.372 e. The van der Waals surface area contributed by atoms with Gasteiger partial charge in [-0.3, -0.25) is 4.79 Å². The normalized spacial score (nSPS) is 27.6. The molecular formula is C16H28N2O5S. The van der Waals surface area contributed by atoms with E-state index in [0.29, 0.717) is 26.1 Å². The Morgan fingerprint density at radius 3 is 2.58 bits per heavy atom. The Bertz CT molecular complexity index is 565. The van der Waals surface area contributed by atoms with E-state index in [2.05, 4.69) is 0 Å². The predicted octanol–water partition coefficient (Wildman–Crippen LogP) is 0.597. The Morgan fingerprint density at radius 2 is 1.96 bits per heavy atom. The zero-order chi connectivity index (χ0) is 17.4. The summed E-state index contributed by atoms with van der Waals surface area (Å²) >= 11 is 0. The van der Waals surface area contributed by atoms with Crippen LogP contribution in [0.1, 0.15) is 39.5 Å². The van der Waals surface area contributed by atoms with Crippen LogP contribution in [-0.4, -0.2) is 79.9 Å². The molecule has 0 bridgehead atoms. The lowest BCUT2D eigenvalue weighted by molar-refractivity contribution is -0.181. The van der Waals surface area contributed by atoms with Crippen molar-refractivity contribution in [3.05, 3.63) is 0 Å². The van der Waals surface area contributed by atoms with Crippen molar-refractivity contribution in [1.82, 2.24) is 9.21 Å². The van der Waals surface area contributed by atoms with Crippen molar-refractivity contribution in [2.24, 2.45) is 0 Å². The largest absolute Gasteiger partial charge is 0.372 e. The van der Waals surface area contributed by atoms with Crippen LogP contribution in [0.5, 0.6) is 0 Å². The summed E-state index contributed by atoms with van der Waals surface area (Å²) in [6.45, 7) is 6.52. The fourth-order valence-corrected chi connectivity index (χ4v) is 5.09. The quantitative estimate of drug-likeness (QED) is 0.717. The van der Waals surface area contributed by atoms with E-state index in [4.69, 9.17) is 9.47 Å². The molecule has 0 saturated carbocycles. The average Bonchev–Trinajstić information content (AvgIpc) is 3.04. The first-order valence-electron chi connectivity index (χ1n) is 8.85. The molecule has 8 heteroatoms. The number of amides is 1. The van der Waals surface area contributed by atoms with Crippen LogP contribution in [-0.2, 0) is 24.3 Å². The summed E-state index contributed by atoms with van der Waals surface area (Å²) in [7, 11) is -3.22. The van der Waals surface area contributed by atoms with E-state index in [1.807, 2.05) is 4.90 Å². The molecule has 3 aliphatic rings. The lowest BCUT2D eigenvalue weighted by atomic mass is 9.86. The summed E-state index contributed by atoms with van der Waals surface area (Å²) in [6.07, 6.45) is 3.53. The molecule has 138 valence electrons. The fourth-order valence-electron chi connectivity index (χ4n) is 3.67. The number of rotatable bonds is 5. The van der Waals surface area contributed by atoms with Gasteiger partial charge in [-0.25, -0.2) is 8.42 Å². The van der Waals surface area contributed by atoms with E-state index < -0.39 is 20.9 Å². The molecule has 0 N–H and O–H groups in total. The first-order valence-corrected chi connectivity index (χ1v) is 10.4. The average molecular weight is 360 g/mol. The van der Waals surface area contributed by atoms with Gasteiger partial charge in [0.05, 0.1) is 17.0 Å². The van der Waals surface area contributed by atoms with Gasteiger partial charge in [0.25, 0.3) is 0 Å². The molecule has 3 aliphatic heterocycles. The molecule has 0 unspecified atom stereocenters. The molecule has 7 nitrogen and oxygen atoms in total. The summed E-state index contributed by atoms with van der Waals surface area (Å²) in [5.41, 5.74) is -0.429. The second kappa shape index (κ2) is 6.90. The van der Waals surface area contributed by atoms with E-state index >= 15 is 0 Å². The highest BCUT2D eigenvalue weighted by molar-refractivity contribution is 7.89. The Hall–Kier alpha value is -0.700. The maximum atomic E-state index is 12.2. The zero-order valence-electron chi connectivity index (χ0n) is 14.6. The van der Waals surface area contributed by atoms with E-state index in [0.717, 1.165) is 32.4 Å². The van der Waals surface area contributed by atoms with Crippen molar-refractivity contribution >= 4 is 15.9 Å². The van der Waals surface area contributed by atoms with Crippen LogP contribution in [0.2, 0.25) is 0 Å². The molecule has 1 amide bonds. The molecule has 0 aliphatic carbocycles. The van der Waals surface area contributed by atoms with Crippen molar-refractivity contribution in [3.8, 4) is 0 Å². The Kier molecular flexibility index (Phi) is 5.20. The van der Waals surface area contributed by atoms with Gasteiger partial charge in [0, 0.05) is 39.2 Å². The number of nitrogens with zero attached hydrogens (tertiary/aromatic N) is 2. The SMILES string of the molecule is CC(C)S(=O)(=O)N1CC2(C[C@@H](OCC(=O)N3CCCC3)CCO2)C1. The van der Waals surface area contributed by atoms with E-state index in [9.17, 15) is 13.2 Å². The zero-order valence-corrected chi connectivity index (χ0v) is 15.4. The first kappa shape index (κ1) is 18.1. The molecule has 3 fully saturated rings. The van der Waals surface area contributed by atoms with Crippen molar-refractivity contribution < 1.29 is 22.7 Å². The Morgan fingerprint density at radius 1 is 1.29 bits per heavy atom. The maximum absolute atomic E-state index is 12.2.